The second kappa shape index (κ2) is 6.53. The van der Waals surface area contributed by atoms with Gasteiger partial charge in [0.2, 0.25) is 5.91 Å². The highest BCUT2D eigenvalue weighted by Crippen LogP contribution is 2.21. The molecule has 1 unspecified atom stereocenters. The van der Waals surface area contributed by atoms with Crippen LogP contribution in [0.25, 0.3) is 0 Å². The van der Waals surface area contributed by atoms with Crippen molar-refractivity contribution in [3.8, 4) is 0 Å². The molecule has 0 heterocycles. The van der Waals surface area contributed by atoms with Gasteiger partial charge in [0.1, 0.15) is 0 Å². The Hall–Kier alpha value is -1.61. The Balaban J connectivity index is 2.13. The van der Waals surface area contributed by atoms with E-state index in [9.17, 15) is 4.79 Å². The van der Waals surface area contributed by atoms with Crippen LogP contribution in [0.5, 0.6) is 0 Å². The summed E-state index contributed by atoms with van der Waals surface area (Å²) in [6.07, 6.45) is 0. The van der Waals surface area contributed by atoms with Crippen LogP contribution in [0.4, 0.5) is 5.69 Å². The predicted molar refractivity (Wildman–Crippen MR) is 82.6 cm³/mol. The Kier molecular flexibility index (Phi) is 4.74. The van der Waals surface area contributed by atoms with Gasteiger partial charge in [0.25, 0.3) is 0 Å². The number of carbonyl (C=O) groups is 1. The second-order valence-corrected chi connectivity index (χ2v) is 4.97. The molecule has 2 nitrogen and oxygen atoms in total. The average Bonchev–Trinajstić information content (AvgIpc) is 2.48. The van der Waals surface area contributed by atoms with Crippen molar-refractivity contribution in [2.24, 2.45) is 0 Å². The maximum absolute atomic E-state index is 12.3. The van der Waals surface area contributed by atoms with Crippen LogP contribution >= 0.6 is 15.9 Å². The average molecular weight is 318 g/mol. The quantitative estimate of drug-likeness (QED) is 0.836. The van der Waals surface area contributed by atoms with Crippen LogP contribution in [0.15, 0.2) is 54.6 Å². The third-order valence-electron chi connectivity index (χ3n) is 3.11. The molecule has 0 radical (unpaired) electrons. The lowest BCUT2D eigenvalue weighted by Gasteiger charge is -2.14. The molecule has 1 N–H and O–H groups in total. The lowest BCUT2D eigenvalue weighted by Crippen LogP contribution is -2.19. The number of alkyl halides is 1. The summed E-state index contributed by atoms with van der Waals surface area (Å²) in [5.74, 6) is -0.149. The number of rotatable bonds is 4. The summed E-state index contributed by atoms with van der Waals surface area (Å²) in [6, 6.07) is 17.6. The Bertz CT molecular complexity index is 554. The van der Waals surface area contributed by atoms with E-state index in [2.05, 4.69) is 21.2 Å². The van der Waals surface area contributed by atoms with E-state index in [-0.39, 0.29) is 11.8 Å². The third kappa shape index (κ3) is 3.44. The summed E-state index contributed by atoms with van der Waals surface area (Å²) in [6.45, 7) is 1.92. The Morgan fingerprint density at radius 1 is 1.11 bits per heavy atom. The van der Waals surface area contributed by atoms with Gasteiger partial charge < -0.3 is 5.32 Å². The molecule has 1 atom stereocenters. The van der Waals surface area contributed by atoms with Gasteiger partial charge in [-0.05, 0) is 24.1 Å². The van der Waals surface area contributed by atoms with Crippen molar-refractivity contribution in [3.63, 3.8) is 0 Å². The van der Waals surface area contributed by atoms with Gasteiger partial charge in [0.05, 0.1) is 5.92 Å². The summed E-state index contributed by atoms with van der Waals surface area (Å²) in [5.41, 5.74) is 2.97. The van der Waals surface area contributed by atoms with E-state index in [1.54, 1.807) is 0 Å². The lowest BCUT2D eigenvalue weighted by molar-refractivity contribution is -0.117. The number of hydrogen-bond donors (Lipinski definition) is 1. The third-order valence-corrected chi connectivity index (χ3v) is 3.72. The van der Waals surface area contributed by atoms with Gasteiger partial charge in [0.15, 0.2) is 0 Å². The number of nitrogens with one attached hydrogen (secondary N) is 1. The maximum Gasteiger partial charge on any atom is 0.231 e. The first kappa shape index (κ1) is 13.8. The van der Waals surface area contributed by atoms with Gasteiger partial charge in [0, 0.05) is 11.0 Å². The monoisotopic (exact) mass is 317 g/mol. The molecule has 0 fully saturated rings. The molecule has 98 valence electrons. The molecular formula is C16H16BrNO. The van der Waals surface area contributed by atoms with Crippen molar-refractivity contribution >= 4 is 27.5 Å². The van der Waals surface area contributed by atoms with E-state index >= 15 is 0 Å². The van der Waals surface area contributed by atoms with Crippen molar-refractivity contribution in [1.29, 1.82) is 0 Å². The first-order valence-electron chi connectivity index (χ1n) is 6.22. The Labute approximate surface area is 122 Å². The van der Waals surface area contributed by atoms with E-state index in [0.29, 0.717) is 0 Å². The minimum absolute atomic E-state index is 0.0135. The van der Waals surface area contributed by atoms with Crippen LogP contribution in [-0.2, 0) is 10.1 Å². The van der Waals surface area contributed by atoms with Crippen molar-refractivity contribution in [2.75, 3.05) is 5.32 Å². The SMILES string of the molecule is CC(C(=O)Nc1ccccc1CBr)c1ccccc1. The number of para-hydroxylation sites is 1. The van der Waals surface area contributed by atoms with Crippen LogP contribution < -0.4 is 5.32 Å². The highest BCUT2D eigenvalue weighted by Gasteiger charge is 2.15. The summed E-state index contributed by atoms with van der Waals surface area (Å²) in [4.78, 5) is 12.3. The van der Waals surface area contributed by atoms with E-state index in [1.807, 2.05) is 61.5 Å². The zero-order valence-corrected chi connectivity index (χ0v) is 12.4. The number of anilines is 1. The zero-order valence-electron chi connectivity index (χ0n) is 10.8. The largest absolute Gasteiger partial charge is 0.325 e. The highest BCUT2D eigenvalue weighted by atomic mass is 79.9. The molecule has 0 bridgehead atoms. The fourth-order valence-electron chi connectivity index (χ4n) is 1.89. The van der Waals surface area contributed by atoms with Crippen molar-refractivity contribution in [2.45, 2.75) is 18.2 Å². The normalized spacial score (nSPS) is 11.9. The zero-order chi connectivity index (χ0) is 13.7. The minimum atomic E-state index is -0.162. The van der Waals surface area contributed by atoms with E-state index in [0.717, 1.165) is 22.1 Å². The summed E-state index contributed by atoms with van der Waals surface area (Å²) >= 11 is 3.43. The fourth-order valence-corrected chi connectivity index (χ4v) is 2.38. The minimum Gasteiger partial charge on any atom is -0.325 e. The first-order chi connectivity index (χ1) is 9.22. The fraction of sp³-hybridized carbons (Fsp3) is 0.188. The molecule has 0 aliphatic rings. The molecule has 0 saturated carbocycles. The number of halogens is 1. The Morgan fingerprint density at radius 2 is 1.74 bits per heavy atom. The van der Waals surface area contributed by atoms with Gasteiger partial charge in [-0.1, -0.05) is 64.5 Å². The summed E-state index contributed by atoms with van der Waals surface area (Å²) < 4.78 is 0. The van der Waals surface area contributed by atoms with Crippen molar-refractivity contribution in [3.05, 3.63) is 65.7 Å². The van der Waals surface area contributed by atoms with E-state index < -0.39 is 0 Å². The molecule has 19 heavy (non-hydrogen) atoms. The number of carbonyl (C=O) groups excluding carboxylic acids is 1. The smallest absolute Gasteiger partial charge is 0.231 e. The van der Waals surface area contributed by atoms with Crippen molar-refractivity contribution < 1.29 is 4.79 Å². The molecule has 2 aromatic carbocycles. The topological polar surface area (TPSA) is 29.1 Å². The van der Waals surface area contributed by atoms with Crippen LogP contribution in [0.3, 0.4) is 0 Å². The summed E-state index contributed by atoms with van der Waals surface area (Å²) in [5, 5.41) is 3.72. The standard InChI is InChI=1S/C16H16BrNO/c1-12(13-7-3-2-4-8-13)16(19)18-15-10-6-5-9-14(15)11-17/h2-10,12H,11H2,1H3,(H,18,19). The van der Waals surface area contributed by atoms with Crippen molar-refractivity contribution in [1.82, 2.24) is 0 Å². The molecule has 0 aliphatic carbocycles. The van der Waals surface area contributed by atoms with Gasteiger partial charge in [-0.25, -0.2) is 0 Å². The van der Waals surface area contributed by atoms with Gasteiger partial charge in [-0.15, -0.1) is 0 Å². The molecule has 3 heteroatoms. The molecule has 0 aliphatic heterocycles. The molecule has 0 spiro atoms. The molecule has 1 amide bonds. The van der Waals surface area contributed by atoms with E-state index in [4.69, 9.17) is 0 Å². The van der Waals surface area contributed by atoms with E-state index in [1.165, 1.54) is 0 Å². The molecule has 0 saturated heterocycles. The highest BCUT2D eigenvalue weighted by molar-refractivity contribution is 9.08. The summed E-state index contributed by atoms with van der Waals surface area (Å²) in [7, 11) is 0. The first-order valence-corrected chi connectivity index (χ1v) is 7.34. The molecule has 2 rings (SSSR count). The van der Waals surface area contributed by atoms with Crippen LogP contribution in [0.2, 0.25) is 0 Å². The van der Waals surface area contributed by atoms with Crippen LogP contribution in [0.1, 0.15) is 24.0 Å². The molecule has 0 aromatic heterocycles. The number of hydrogen-bond acceptors (Lipinski definition) is 1. The molecular weight excluding hydrogens is 302 g/mol. The number of benzene rings is 2. The second-order valence-electron chi connectivity index (χ2n) is 4.41. The van der Waals surface area contributed by atoms with Gasteiger partial charge in [-0.3, -0.25) is 4.79 Å². The lowest BCUT2D eigenvalue weighted by atomic mass is 10.0. The number of amides is 1. The van der Waals surface area contributed by atoms with Gasteiger partial charge >= 0.3 is 0 Å². The Morgan fingerprint density at radius 3 is 2.42 bits per heavy atom. The van der Waals surface area contributed by atoms with Gasteiger partial charge in [-0.2, -0.15) is 0 Å². The molecule has 2 aromatic rings. The maximum atomic E-state index is 12.3. The van der Waals surface area contributed by atoms with Crippen LogP contribution in [0, 0.1) is 0 Å². The van der Waals surface area contributed by atoms with Crippen LogP contribution in [-0.4, -0.2) is 5.91 Å². The predicted octanol–water partition coefficient (Wildman–Crippen LogP) is 4.32.